The quantitative estimate of drug-likeness (QED) is 0.815. The molecule has 0 saturated heterocycles. The highest BCUT2D eigenvalue weighted by Gasteiger charge is 2.29. The number of Topliss-reactive ketones (excluding diaryl/α,β-unsaturated/α-hetero) is 1. The van der Waals surface area contributed by atoms with Crippen molar-refractivity contribution >= 4 is 23.3 Å². The molecule has 0 atom stereocenters. The van der Waals surface area contributed by atoms with E-state index in [1.165, 1.54) is 0 Å². The fourth-order valence-electron chi connectivity index (χ4n) is 1.42. The molecule has 1 aliphatic rings. The van der Waals surface area contributed by atoms with Gasteiger partial charge in [0.15, 0.2) is 5.78 Å². The predicted octanol–water partition coefficient (Wildman–Crippen LogP) is 2.05. The molecular weight excluding hydrogens is 226 g/mol. The molecule has 0 heterocycles. The largest absolute Gasteiger partial charge is 0.348 e. The molecule has 2 rings (SSSR count). The lowest BCUT2D eigenvalue weighted by Crippen LogP contribution is -2.30. The van der Waals surface area contributed by atoms with Crippen molar-refractivity contribution in [1.29, 1.82) is 0 Å². The summed E-state index contributed by atoms with van der Waals surface area (Å²) in [6, 6.07) is 6.73. The van der Waals surface area contributed by atoms with Gasteiger partial charge in [-0.1, -0.05) is 23.7 Å². The highest BCUT2D eigenvalue weighted by Crippen LogP contribution is 2.28. The number of amides is 1. The fourth-order valence-corrected chi connectivity index (χ4v) is 1.61. The average molecular weight is 238 g/mol. The van der Waals surface area contributed by atoms with Gasteiger partial charge in [-0.2, -0.15) is 0 Å². The lowest BCUT2D eigenvalue weighted by atomic mass is 10.1. The van der Waals surface area contributed by atoms with Crippen molar-refractivity contribution in [3.8, 4) is 0 Å². The number of hydrogen-bond acceptors (Lipinski definition) is 2. The van der Waals surface area contributed by atoms with Crippen LogP contribution in [0.5, 0.6) is 0 Å². The maximum Gasteiger partial charge on any atom is 0.223 e. The molecule has 1 aromatic carbocycles. The van der Waals surface area contributed by atoms with E-state index in [2.05, 4.69) is 5.32 Å². The zero-order valence-electron chi connectivity index (χ0n) is 8.70. The van der Waals surface area contributed by atoms with E-state index in [-0.39, 0.29) is 24.2 Å². The summed E-state index contributed by atoms with van der Waals surface area (Å²) in [7, 11) is 0. The second-order valence-corrected chi connectivity index (χ2v) is 4.36. The standard InChI is InChI=1S/C12H12ClNO2/c13-10-3-1-2-9(6-10)11(15)7-14-12(16)8-4-5-8/h1-3,6,8H,4-5,7H2,(H,14,16). The van der Waals surface area contributed by atoms with Gasteiger partial charge in [0.2, 0.25) is 5.91 Å². The third kappa shape index (κ3) is 2.83. The molecule has 84 valence electrons. The highest BCUT2D eigenvalue weighted by atomic mass is 35.5. The monoisotopic (exact) mass is 237 g/mol. The van der Waals surface area contributed by atoms with Gasteiger partial charge in [0, 0.05) is 16.5 Å². The van der Waals surface area contributed by atoms with E-state index in [9.17, 15) is 9.59 Å². The number of rotatable bonds is 4. The zero-order chi connectivity index (χ0) is 11.5. The third-order valence-electron chi connectivity index (χ3n) is 2.52. The maximum absolute atomic E-state index is 11.7. The van der Waals surface area contributed by atoms with Gasteiger partial charge in [0.1, 0.15) is 0 Å². The van der Waals surface area contributed by atoms with E-state index in [1.807, 2.05) is 0 Å². The molecule has 4 heteroatoms. The third-order valence-corrected chi connectivity index (χ3v) is 2.75. The molecule has 0 bridgehead atoms. The van der Waals surface area contributed by atoms with Crippen LogP contribution in [0.3, 0.4) is 0 Å². The van der Waals surface area contributed by atoms with E-state index in [0.29, 0.717) is 10.6 Å². The van der Waals surface area contributed by atoms with Crippen LogP contribution in [0, 0.1) is 5.92 Å². The summed E-state index contributed by atoms with van der Waals surface area (Å²) in [5.74, 6) is -0.000889. The van der Waals surface area contributed by atoms with Crippen molar-refractivity contribution in [2.45, 2.75) is 12.8 Å². The molecule has 16 heavy (non-hydrogen) atoms. The maximum atomic E-state index is 11.7. The number of hydrogen-bond donors (Lipinski definition) is 1. The molecule has 0 spiro atoms. The van der Waals surface area contributed by atoms with Gasteiger partial charge in [-0.15, -0.1) is 0 Å². The number of carbonyl (C=O) groups excluding carboxylic acids is 2. The van der Waals surface area contributed by atoms with Crippen LogP contribution >= 0.6 is 11.6 Å². The van der Waals surface area contributed by atoms with Crippen molar-refractivity contribution < 1.29 is 9.59 Å². The molecule has 0 aromatic heterocycles. The molecule has 1 N–H and O–H groups in total. The Morgan fingerprint density at radius 3 is 2.75 bits per heavy atom. The SMILES string of the molecule is O=C(CNC(=O)C1CC1)c1cccc(Cl)c1. The Morgan fingerprint density at radius 2 is 2.12 bits per heavy atom. The van der Waals surface area contributed by atoms with Crippen LogP contribution in [-0.4, -0.2) is 18.2 Å². The Hall–Kier alpha value is -1.35. The van der Waals surface area contributed by atoms with Crippen LogP contribution in [0.4, 0.5) is 0 Å². The van der Waals surface area contributed by atoms with Crippen LogP contribution in [0.2, 0.25) is 5.02 Å². The molecule has 1 aliphatic carbocycles. The summed E-state index contributed by atoms with van der Waals surface area (Å²) in [6.07, 6.45) is 1.88. The Balaban J connectivity index is 1.89. The first kappa shape index (κ1) is 11.1. The molecule has 1 saturated carbocycles. The lowest BCUT2D eigenvalue weighted by molar-refractivity contribution is -0.122. The Bertz CT molecular complexity index is 427. The van der Waals surface area contributed by atoms with Crippen molar-refractivity contribution in [1.82, 2.24) is 5.32 Å². The second kappa shape index (κ2) is 4.66. The van der Waals surface area contributed by atoms with Gasteiger partial charge in [-0.25, -0.2) is 0 Å². The van der Waals surface area contributed by atoms with Crippen LogP contribution in [0.25, 0.3) is 0 Å². The van der Waals surface area contributed by atoms with E-state index in [1.54, 1.807) is 24.3 Å². The summed E-state index contributed by atoms with van der Waals surface area (Å²) in [5, 5.41) is 3.16. The van der Waals surface area contributed by atoms with Gasteiger partial charge >= 0.3 is 0 Å². The van der Waals surface area contributed by atoms with E-state index >= 15 is 0 Å². The molecule has 1 fully saturated rings. The van der Waals surface area contributed by atoms with Crippen LogP contribution in [0.15, 0.2) is 24.3 Å². The van der Waals surface area contributed by atoms with Crippen molar-refractivity contribution in [3.05, 3.63) is 34.9 Å². The first-order valence-corrected chi connectivity index (χ1v) is 5.61. The topological polar surface area (TPSA) is 46.2 Å². The predicted molar refractivity (Wildman–Crippen MR) is 61.5 cm³/mol. The Labute approximate surface area is 98.8 Å². The average Bonchev–Trinajstić information content (AvgIpc) is 3.09. The minimum Gasteiger partial charge on any atom is -0.348 e. The van der Waals surface area contributed by atoms with Gasteiger partial charge < -0.3 is 5.32 Å². The summed E-state index contributed by atoms with van der Waals surface area (Å²) in [4.78, 5) is 23.0. The van der Waals surface area contributed by atoms with Gasteiger partial charge in [-0.3, -0.25) is 9.59 Å². The van der Waals surface area contributed by atoms with Crippen molar-refractivity contribution in [2.24, 2.45) is 5.92 Å². The highest BCUT2D eigenvalue weighted by molar-refractivity contribution is 6.31. The van der Waals surface area contributed by atoms with E-state index in [0.717, 1.165) is 12.8 Å². The van der Waals surface area contributed by atoms with Crippen molar-refractivity contribution in [3.63, 3.8) is 0 Å². The van der Waals surface area contributed by atoms with Crippen molar-refractivity contribution in [2.75, 3.05) is 6.54 Å². The number of nitrogens with one attached hydrogen (secondary N) is 1. The molecule has 1 aromatic rings. The number of carbonyl (C=O) groups is 2. The van der Waals surface area contributed by atoms with E-state index in [4.69, 9.17) is 11.6 Å². The zero-order valence-corrected chi connectivity index (χ0v) is 9.46. The van der Waals surface area contributed by atoms with Gasteiger partial charge in [0.05, 0.1) is 6.54 Å². The lowest BCUT2D eigenvalue weighted by Gasteiger charge is -2.03. The number of ketones is 1. The van der Waals surface area contributed by atoms with E-state index < -0.39 is 0 Å². The first-order chi connectivity index (χ1) is 7.66. The van der Waals surface area contributed by atoms with Crippen LogP contribution < -0.4 is 5.32 Å². The Kier molecular flexibility index (Phi) is 3.25. The summed E-state index contributed by atoms with van der Waals surface area (Å²) in [6.45, 7) is 0.0513. The van der Waals surface area contributed by atoms with Crippen LogP contribution in [-0.2, 0) is 4.79 Å². The molecule has 1 amide bonds. The molecule has 0 aliphatic heterocycles. The molecule has 0 unspecified atom stereocenters. The number of halogens is 1. The van der Waals surface area contributed by atoms with Gasteiger partial charge in [-0.05, 0) is 25.0 Å². The minimum atomic E-state index is -0.114. The molecule has 0 radical (unpaired) electrons. The summed E-state index contributed by atoms with van der Waals surface area (Å²) >= 11 is 5.77. The fraction of sp³-hybridized carbons (Fsp3) is 0.333. The van der Waals surface area contributed by atoms with Gasteiger partial charge in [0.25, 0.3) is 0 Å². The summed E-state index contributed by atoms with van der Waals surface area (Å²) < 4.78 is 0. The minimum absolute atomic E-state index is 0.0182. The normalized spacial score (nSPS) is 14.6. The first-order valence-electron chi connectivity index (χ1n) is 5.23. The smallest absolute Gasteiger partial charge is 0.223 e. The number of benzene rings is 1. The molecular formula is C12H12ClNO2. The van der Waals surface area contributed by atoms with Crippen LogP contribution in [0.1, 0.15) is 23.2 Å². The summed E-state index contributed by atoms with van der Waals surface area (Å²) in [5.41, 5.74) is 0.531. The molecule has 3 nitrogen and oxygen atoms in total. The Morgan fingerprint density at radius 1 is 1.38 bits per heavy atom. The second-order valence-electron chi connectivity index (χ2n) is 3.93.